The SMILES string of the molecule is CCCCCc1c(C)ccc(O)c1-c1ccccc1. The number of phenols is 1. The Kier molecular flexibility index (Phi) is 4.62. The molecule has 100 valence electrons. The molecule has 1 heteroatoms. The Labute approximate surface area is 115 Å². The fraction of sp³-hybridized carbons (Fsp3) is 0.333. The van der Waals surface area contributed by atoms with Crippen molar-refractivity contribution in [1.82, 2.24) is 0 Å². The molecule has 0 aliphatic carbocycles. The molecule has 1 nitrogen and oxygen atoms in total. The molecular weight excluding hydrogens is 232 g/mol. The summed E-state index contributed by atoms with van der Waals surface area (Å²) in [6.45, 7) is 4.35. The van der Waals surface area contributed by atoms with Gasteiger partial charge in [-0.2, -0.15) is 0 Å². The largest absolute Gasteiger partial charge is 0.507 e. The highest BCUT2D eigenvalue weighted by Gasteiger charge is 2.12. The summed E-state index contributed by atoms with van der Waals surface area (Å²) in [5.74, 6) is 0.392. The number of unbranched alkanes of at least 4 members (excludes halogenated alkanes) is 2. The maximum absolute atomic E-state index is 10.2. The summed E-state index contributed by atoms with van der Waals surface area (Å²) in [6, 6.07) is 14.0. The molecule has 2 rings (SSSR count). The van der Waals surface area contributed by atoms with E-state index in [0.29, 0.717) is 5.75 Å². The molecule has 0 aliphatic rings. The van der Waals surface area contributed by atoms with Crippen LogP contribution in [0, 0.1) is 6.92 Å². The predicted octanol–water partition coefficient (Wildman–Crippen LogP) is 5.10. The van der Waals surface area contributed by atoms with Crippen molar-refractivity contribution < 1.29 is 5.11 Å². The lowest BCUT2D eigenvalue weighted by atomic mass is 9.91. The highest BCUT2D eigenvalue weighted by Crippen LogP contribution is 2.35. The first-order chi connectivity index (χ1) is 9.24. The van der Waals surface area contributed by atoms with Crippen LogP contribution < -0.4 is 0 Å². The van der Waals surface area contributed by atoms with Crippen LogP contribution in [0.4, 0.5) is 0 Å². The van der Waals surface area contributed by atoms with Gasteiger partial charge in [-0.1, -0.05) is 56.2 Å². The normalized spacial score (nSPS) is 10.6. The Morgan fingerprint density at radius 2 is 1.68 bits per heavy atom. The zero-order chi connectivity index (χ0) is 13.7. The van der Waals surface area contributed by atoms with Crippen molar-refractivity contribution in [1.29, 1.82) is 0 Å². The number of aromatic hydroxyl groups is 1. The van der Waals surface area contributed by atoms with E-state index in [1.165, 1.54) is 30.4 Å². The fourth-order valence-electron chi connectivity index (χ4n) is 2.54. The number of benzene rings is 2. The summed E-state index contributed by atoms with van der Waals surface area (Å²) in [4.78, 5) is 0. The molecule has 0 saturated carbocycles. The summed E-state index contributed by atoms with van der Waals surface area (Å²) in [6.07, 6.45) is 4.68. The Morgan fingerprint density at radius 3 is 2.37 bits per heavy atom. The van der Waals surface area contributed by atoms with Gasteiger partial charge >= 0.3 is 0 Å². The molecule has 0 atom stereocenters. The second-order valence-corrected chi connectivity index (χ2v) is 5.08. The molecule has 0 saturated heterocycles. The molecule has 0 bridgehead atoms. The topological polar surface area (TPSA) is 20.2 Å². The molecule has 0 spiro atoms. The third-order valence-electron chi connectivity index (χ3n) is 3.62. The van der Waals surface area contributed by atoms with Gasteiger partial charge in [0.15, 0.2) is 0 Å². The third-order valence-corrected chi connectivity index (χ3v) is 3.62. The zero-order valence-electron chi connectivity index (χ0n) is 11.8. The summed E-state index contributed by atoms with van der Waals surface area (Å²) in [7, 11) is 0. The summed E-state index contributed by atoms with van der Waals surface area (Å²) < 4.78 is 0. The fourth-order valence-corrected chi connectivity index (χ4v) is 2.54. The van der Waals surface area contributed by atoms with Crippen LogP contribution in [0.25, 0.3) is 11.1 Å². The minimum Gasteiger partial charge on any atom is -0.507 e. The van der Waals surface area contributed by atoms with Gasteiger partial charge in [-0.05, 0) is 42.5 Å². The van der Waals surface area contributed by atoms with Gasteiger partial charge in [0.05, 0.1) is 0 Å². The van der Waals surface area contributed by atoms with E-state index >= 15 is 0 Å². The van der Waals surface area contributed by atoms with E-state index in [1.807, 2.05) is 24.3 Å². The molecule has 19 heavy (non-hydrogen) atoms. The van der Waals surface area contributed by atoms with Crippen molar-refractivity contribution in [2.75, 3.05) is 0 Å². The second kappa shape index (κ2) is 6.42. The van der Waals surface area contributed by atoms with Gasteiger partial charge in [0.25, 0.3) is 0 Å². The van der Waals surface area contributed by atoms with Crippen LogP contribution in [0.15, 0.2) is 42.5 Å². The molecule has 0 heterocycles. The standard InChI is InChI=1S/C18H22O/c1-3-4-6-11-16-14(2)12-13-17(19)18(16)15-9-7-5-8-10-15/h5,7-10,12-13,19H,3-4,6,11H2,1-2H3. The minimum atomic E-state index is 0.392. The number of aryl methyl sites for hydroxylation is 1. The van der Waals surface area contributed by atoms with E-state index in [-0.39, 0.29) is 0 Å². The second-order valence-electron chi connectivity index (χ2n) is 5.08. The lowest BCUT2D eigenvalue weighted by Crippen LogP contribution is -1.95. The number of phenolic OH excluding ortho intramolecular Hbond substituents is 1. The van der Waals surface area contributed by atoms with Crippen molar-refractivity contribution in [2.45, 2.75) is 39.5 Å². The molecule has 2 aromatic rings. The van der Waals surface area contributed by atoms with E-state index in [2.05, 4.69) is 26.0 Å². The molecule has 1 N–H and O–H groups in total. The number of hydrogen-bond acceptors (Lipinski definition) is 1. The van der Waals surface area contributed by atoms with Gasteiger partial charge < -0.3 is 5.11 Å². The number of rotatable bonds is 5. The predicted molar refractivity (Wildman–Crippen MR) is 81.5 cm³/mol. The molecular formula is C18H22O. The summed E-state index contributed by atoms with van der Waals surface area (Å²) in [5.41, 5.74) is 4.68. The van der Waals surface area contributed by atoms with Gasteiger partial charge in [-0.15, -0.1) is 0 Å². The monoisotopic (exact) mass is 254 g/mol. The Balaban J connectivity index is 2.43. The minimum absolute atomic E-state index is 0.392. The first-order valence-corrected chi connectivity index (χ1v) is 7.11. The summed E-state index contributed by atoms with van der Waals surface area (Å²) >= 11 is 0. The van der Waals surface area contributed by atoms with E-state index in [1.54, 1.807) is 6.07 Å². The van der Waals surface area contributed by atoms with Gasteiger partial charge in [0.1, 0.15) is 5.75 Å². The van der Waals surface area contributed by atoms with Crippen LogP contribution in [-0.2, 0) is 6.42 Å². The maximum atomic E-state index is 10.2. The molecule has 0 radical (unpaired) electrons. The lowest BCUT2D eigenvalue weighted by Gasteiger charge is -2.14. The first-order valence-electron chi connectivity index (χ1n) is 7.11. The lowest BCUT2D eigenvalue weighted by molar-refractivity contribution is 0.476. The molecule has 0 aliphatic heterocycles. The van der Waals surface area contributed by atoms with Crippen LogP contribution >= 0.6 is 0 Å². The van der Waals surface area contributed by atoms with Crippen LogP contribution in [0.5, 0.6) is 5.75 Å². The Hall–Kier alpha value is -1.76. The molecule has 0 fully saturated rings. The van der Waals surface area contributed by atoms with Crippen molar-refractivity contribution in [3.8, 4) is 16.9 Å². The van der Waals surface area contributed by atoms with Crippen molar-refractivity contribution >= 4 is 0 Å². The van der Waals surface area contributed by atoms with E-state index < -0.39 is 0 Å². The quantitative estimate of drug-likeness (QED) is 0.736. The molecule has 0 unspecified atom stereocenters. The van der Waals surface area contributed by atoms with Crippen LogP contribution in [0.1, 0.15) is 37.3 Å². The van der Waals surface area contributed by atoms with Crippen molar-refractivity contribution in [3.63, 3.8) is 0 Å². The average Bonchev–Trinajstić information content (AvgIpc) is 2.44. The highest BCUT2D eigenvalue weighted by molar-refractivity contribution is 5.74. The van der Waals surface area contributed by atoms with Crippen LogP contribution in [-0.4, -0.2) is 5.11 Å². The van der Waals surface area contributed by atoms with E-state index in [9.17, 15) is 5.11 Å². The summed E-state index contributed by atoms with van der Waals surface area (Å²) in [5, 5.41) is 10.2. The smallest absolute Gasteiger partial charge is 0.123 e. The first kappa shape index (κ1) is 13.7. The van der Waals surface area contributed by atoms with Crippen LogP contribution in [0.2, 0.25) is 0 Å². The molecule has 0 amide bonds. The van der Waals surface area contributed by atoms with Gasteiger partial charge in [0.2, 0.25) is 0 Å². The highest BCUT2D eigenvalue weighted by atomic mass is 16.3. The van der Waals surface area contributed by atoms with Gasteiger partial charge in [0, 0.05) is 5.56 Å². The van der Waals surface area contributed by atoms with Gasteiger partial charge in [-0.3, -0.25) is 0 Å². The molecule has 2 aromatic carbocycles. The maximum Gasteiger partial charge on any atom is 0.123 e. The van der Waals surface area contributed by atoms with Crippen molar-refractivity contribution in [3.05, 3.63) is 53.6 Å². The Morgan fingerprint density at radius 1 is 0.947 bits per heavy atom. The average molecular weight is 254 g/mol. The van der Waals surface area contributed by atoms with E-state index in [0.717, 1.165) is 17.5 Å². The van der Waals surface area contributed by atoms with Crippen molar-refractivity contribution in [2.24, 2.45) is 0 Å². The third kappa shape index (κ3) is 3.17. The Bertz CT molecular complexity index is 529. The molecule has 0 aromatic heterocycles. The van der Waals surface area contributed by atoms with Gasteiger partial charge in [-0.25, -0.2) is 0 Å². The zero-order valence-corrected chi connectivity index (χ0v) is 11.8. The number of hydrogen-bond donors (Lipinski definition) is 1. The van der Waals surface area contributed by atoms with E-state index in [4.69, 9.17) is 0 Å². The van der Waals surface area contributed by atoms with Crippen LogP contribution in [0.3, 0.4) is 0 Å².